The monoisotopic (exact) mass is 242 g/mol. The summed E-state index contributed by atoms with van der Waals surface area (Å²) in [6.07, 6.45) is 1.77. The summed E-state index contributed by atoms with van der Waals surface area (Å²) in [7, 11) is 1.63. The maximum Gasteiger partial charge on any atom is 0.127 e. The fourth-order valence-electron chi connectivity index (χ4n) is 2.00. The van der Waals surface area contributed by atoms with Gasteiger partial charge in [0.1, 0.15) is 11.6 Å². The number of ether oxygens (including phenoxy) is 1. The average molecular weight is 242 g/mol. The van der Waals surface area contributed by atoms with Crippen LogP contribution in [0.3, 0.4) is 0 Å². The van der Waals surface area contributed by atoms with E-state index in [-0.39, 0.29) is 5.82 Å². The van der Waals surface area contributed by atoms with Gasteiger partial charge in [0, 0.05) is 5.56 Å². The van der Waals surface area contributed by atoms with E-state index in [9.17, 15) is 4.39 Å². The zero-order chi connectivity index (χ0) is 13.1. The Hall–Kier alpha value is -2.09. The molecule has 2 aromatic rings. The van der Waals surface area contributed by atoms with Crippen LogP contribution in [0, 0.1) is 12.7 Å². The standard InChI is InChI=1S/C16H15FO/c1-4-12-6-5-7-15(18-3)16(12)13-8-9-14(17)11(2)10-13/h4-10H,1H2,2-3H3. The van der Waals surface area contributed by atoms with Crippen LogP contribution in [-0.4, -0.2) is 7.11 Å². The van der Waals surface area contributed by atoms with Gasteiger partial charge in [-0.25, -0.2) is 4.39 Å². The molecule has 0 N–H and O–H groups in total. The second-order valence-electron chi connectivity index (χ2n) is 4.09. The molecule has 0 atom stereocenters. The van der Waals surface area contributed by atoms with Gasteiger partial charge in [0.25, 0.3) is 0 Å². The Morgan fingerprint density at radius 3 is 2.61 bits per heavy atom. The molecular weight excluding hydrogens is 227 g/mol. The molecule has 0 aliphatic carbocycles. The predicted octanol–water partition coefficient (Wildman–Crippen LogP) is 4.45. The summed E-state index contributed by atoms with van der Waals surface area (Å²) in [5.41, 5.74) is 3.47. The third kappa shape index (κ3) is 2.14. The summed E-state index contributed by atoms with van der Waals surface area (Å²) in [4.78, 5) is 0. The third-order valence-corrected chi connectivity index (χ3v) is 2.94. The van der Waals surface area contributed by atoms with E-state index in [2.05, 4.69) is 6.58 Å². The molecule has 2 aromatic carbocycles. The van der Waals surface area contributed by atoms with Crippen molar-refractivity contribution in [2.24, 2.45) is 0 Å². The van der Waals surface area contributed by atoms with E-state index in [1.54, 1.807) is 26.2 Å². The Morgan fingerprint density at radius 1 is 1.22 bits per heavy atom. The summed E-state index contributed by atoms with van der Waals surface area (Å²) in [6, 6.07) is 10.8. The average Bonchev–Trinajstić information content (AvgIpc) is 2.41. The molecule has 92 valence electrons. The molecule has 0 aliphatic rings. The molecule has 0 amide bonds. The van der Waals surface area contributed by atoms with Crippen LogP contribution < -0.4 is 4.74 Å². The molecular formula is C16H15FO. The molecule has 0 heterocycles. The number of hydrogen-bond acceptors (Lipinski definition) is 1. The molecule has 0 saturated heterocycles. The minimum atomic E-state index is -0.200. The lowest BCUT2D eigenvalue weighted by Crippen LogP contribution is -1.92. The van der Waals surface area contributed by atoms with E-state index in [0.717, 1.165) is 22.4 Å². The lowest BCUT2D eigenvalue weighted by Gasteiger charge is -2.12. The van der Waals surface area contributed by atoms with Crippen molar-refractivity contribution in [2.75, 3.05) is 7.11 Å². The molecule has 0 spiro atoms. The molecule has 0 aromatic heterocycles. The third-order valence-electron chi connectivity index (χ3n) is 2.94. The molecule has 2 rings (SSSR count). The summed E-state index contributed by atoms with van der Waals surface area (Å²) in [5.74, 6) is 0.562. The molecule has 0 radical (unpaired) electrons. The Labute approximate surface area is 107 Å². The molecule has 2 heteroatoms. The van der Waals surface area contributed by atoms with Crippen molar-refractivity contribution in [3.05, 3.63) is 59.9 Å². The van der Waals surface area contributed by atoms with Crippen LogP contribution in [0.2, 0.25) is 0 Å². The maximum absolute atomic E-state index is 13.3. The van der Waals surface area contributed by atoms with Gasteiger partial charge in [-0.05, 0) is 41.8 Å². The molecule has 0 fully saturated rings. The number of hydrogen-bond donors (Lipinski definition) is 0. The van der Waals surface area contributed by atoms with Crippen molar-refractivity contribution in [1.29, 1.82) is 0 Å². The largest absolute Gasteiger partial charge is 0.496 e. The lowest BCUT2D eigenvalue weighted by molar-refractivity contribution is 0.416. The first-order chi connectivity index (χ1) is 8.67. The summed E-state index contributed by atoms with van der Waals surface area (Å²) >= 11 is 0. The van der Waals surface area contributed by atoms with Crippen LogP contribution in [0.4, 0.5) is 4.39 Å². The second kappa shape index (κ2) is 5.05. The first kappa shape index (κ1) is 12.4. The quantitative estimate of drug-likeness (QED) is 0.772. The maximum atomic E-state index is 13.3. The molecule has 1 nitrogen and oxygen atoms in total. The first-order valence-corrected chi connectivity index (χ1v) is 5.73. The van der Waals surface area contributed by atoms with Gasteiger partial charge < -0.3 is 4.74 Å². The first-order valence-electron chi connectivity index (χ1n) is 5.73. The summed E-state index contributed by atoms with van der Waals surface area (Å²) < 4.78 is 18.7. The molecule has 0 unspecified atom stereocenters. The van der Waals surface area contributed by atoms with E-state index >= 15 is 0 Å². The van der Waals surface area contributed by atoms with Crippen molar-refractivity contribution in [2.45, 2.75) is 6.92 Å². The van der Waals surface area contributed by atoms with E-state index < -0.39 is 0 Å². The Balaban J connectivity index is 2.68. The topological polar surface area (TPSA) is 9.23 Å². The van der Waals surface area contributed by atoms with Crippen LogP contribution in [0.1, 0.15) is 11.1 Å². The van der Waals surface area contributed by atoms with Crippen molar-refractivity contribution in [3.63, 3.8) is 0 Å². The highest BCUT2D eigenvalue weighted by Crippen LogP contribution is 2.34. The fraction of sp³-hybridized carbons (Fsp3) is 0.125. The highest BCUT2D eigenvalue weighted by Gasteiger charge is 2.10. The van der Waals surface area contributed by atoms with Gasteiger partial charge in [-0.3, -0.25) is 0 Å². The van der Waals surface area contributed by atoms with Gasteiger partial charge in [-0.2, -0.15) is 0 Å². The number of benzene rings is 2. The molecule has 0 saturated carbocycles. The highest BCUT2D eigenvalue weighted by atomic mass is 19.1. The Morgan fingerprint density at radius 2 is 2.00 bits per heavy atom. The van der Waals surface area contributed by atoms with Gasteiger partial charge in [-0.15, -0.1) is 0 Å². The van der Waals surface area contributed by atoms with Crippen LogP contribution in [0.5, 0.6) is 5.75 Å². The molecule has 0 bridgehead atoms. The van der Waals surface area contributed by atoms with Crippen molar-refractivity contribution in [1.82, 2.24) is 0 Å². The minimum Gasteiger partial charge on any atom is -0.496 e. The normalized spacial score (nSPS) is 10.2. The SMILES string of the molecule is C=Cc1cccc(OC)c1-c1ccc(F)c(C)c1. The minimum absolute atomic E-state index is 0.200. The number of halogens is 1. The van der Waals surface area contributed by atoms with E-state index in [4.69, 9.17) is 4.74 Å². The van der Waals surface area contributed by atoms with Crippen LogP contribution in [0.25, 0.3) is 17.2 Å². The van der Waals surface area contributed by atoms with Gasteiger partial charge in [0.2, 0.25) is 0 Å². The van der Waals surface area contributed by atoms with E-state index in [1.807, 2.05) is 24.3 Å². The van der Waals surface area contributed by atoms with Gasteiger partial charge in [0.05, 0.1) is 7.11 Å². The Bertz CT molecular complexity index is 588. The summed E-state index contributed by atoms with van der Waals surface area (Å²) in [6.45, 7) is 5.55. The number of aryl methyl sites for hydroxylation is 1. The van der Waals surface area contributed by atoms with Gasteiger partial charge in [-0.1, -0.05) is 30.9 Å². The number of methoxy groups -OCH3 is 1. The fourth-order valence-corrected chi connectivity index (χ4v) is 2.00. The van der Waals surface area contributed by atoms with Gasteiger partial charge in [0.15, 0.2) is 0 Å². The molecule has 18 heavy (non-hydrogen) atoms. The van der Waals surface area contributed by atoms with Crippen LogP contribution in [-0.2, 0) is 0 Å². The second-order valence-corrected chi connectivity index (χ2v) is 4.09. The zero-order valence-electron chi connectivity index (χ0n) is 10.5. The number of rotatable bonds is 3. The van der Waals surface area contributed by atoms with Crippen molar-refractivity contribution >= 4 is 6.08 Å². The highest BCUT2D eigenvalue weighted by molar-refractivity contribution is 5.80. The van der Waals surface area contributed by atoms with E-state index in [0.29, 0.717) is 5.56 Å². The lowest BCUT2D eigenvalue weighted by atomic mass is 9.97. The summed E-state index contributed by atoms with van der Waals surface area (Å²) in [5, 5.41) is 0. The predicted molar refractivity (Wildman–Crippen MR) is 73.2 cm³/mol. The smallest absolute Gasteiger partial charge is 0.127 e. The Kier molecular flexibility index (Phi) is 3.47. The zero-order valence-corrected chi connectivity index (χ0v) is 10.5. The van der Waals surface area contributed by atoms with Crippen LogP contribution in [0.15, 0.2) is 43.0 Å². The van der Waals surface area contributed by atoms with Gasteiger partial charge >= 0.3 is 0 Å². The van der Waals surface area contributed by atoms with Crippen molar-refractivity contribution in [3.8, 4) is 16.9 Å². The van der Waals surface area contributed by atoms with Crippen LogP contribution >= 0.6 is 0 Å². The van der Waals surface area contributed by atoms with E-state index in [1.165, 1.54) is 6.07 Å². The van der Waals surface area contributed by atoms with Crippen molar-refractivity contribution < 1.29 is 9.13 Å². The molecule has 0 aliphatic heterocycles.